The van der Waals surface area contributed by atoms with Crippen LogP contribution in [-0.4, -0.2) is 16.8 Å². The van der Waals surface area contributed by atoms with E-state index in [1.807, 2.05) is 0 Å². The Balaban J connectivity index is 4.39. The predicted molar refractivity (Wildman–Crippen MR) is 55.9 cm³/mol. The fourth-order valence-corrected chi connectivity index (χ4v) is 1.21. The van der Waals surface area contributed by atoms with Crippen LogP contribution in [0.25, 0.3) is 0 Å². The summed E-state index contributed by atoms with van der Waals surface area (Å²) in [5.74, 6) is 0. The Morgan fingerprint density at radius 1 is 1.45 bits per heavy atom. The summed E-state index contributed by atoms with van der Waals surface area (Å²) in [7, 11) is 1.03. The van der Waals surface area contributed by atoms with Crippen molar-refractivity contribution < 1.29 is 0 Å². The number of hydrogen-bond acceptors (Lipinski definition) is 1. The minimum Gasteiger partial charge on any atom is -0.376 e. The Bertz CT molecular complexity index is 158. The van der Waals surface area contributed by atoms with Crippen molar-refractivity contribution in [3.63, 3.8) is 0 Å². The maximum atomic E-state index is 6.02. The van der Waals surface area contributed by atoms with Crippen molar-refractivity contribution in [2.24, 2.45) is 5.41 Å². The monoisotopic (exact) mass is 191 g/mol. The number of hydrogen-bond donors (Lipinski definition) is 1. The largest absolute Gasteiger partial charge is 0.376 e. The molecule has 0 aromatic carbocycles. The van der Waals surface area contributed by atoms with Gasteiger partial charge in [-0.25, -0.2) is 0 Å². The zero-order valence-electron chi connectivity index (χ0n) is 8.09. The second kappa shape index (κ2) is 4.17. The lowest BCUT2D eigenvalue weighted by molar-refractivity contribution is 0.524. The first-order valence-corrected chi connectivity index (χ1v) is 5.38. The van der Waals surface area contributed by atoms with Crippen LogP contribution in [0.5, 0.6) is 0 Å². The van der Waals surface area contributed by atoms with Gasteiger partial charge >= 0.3 is 0 Å². The third-order valence-electron chi connectivity index (χ3n) is 1.79. The molecule has 0 aromatic rings. The van der Waals surface area contributed by atoms with Crippen molar-refractivity contribution in [2.75, 3.05) is 6.54 Å². The summed E-state index contributed by atoms with van der Waals surface area (Å²) in [6.45, 7) is 9.53. The van der Waals surface area contributed by atoms with E-state index in [1.165, 1.54) is 5.20 Å². The van der Waals surface area contributed by atoms with E-state index >= 15 is 0 Å². The van der Waals surface area contributed by atoms with Crippen LogP contribution in [0.3, 0.4) is 0 Å². The second-order valence-electron chi connectivity index (χ2n) is 3.72. The highest BCUT2D eigenvalue weighted by molar-refractivity contribution is 6.36. The van der Waals surface area contributed by atoms with Gasteiger partial charge in [-0.3, -0.25) is 0 Å². The highest BCUT2D eigenvalue weighted by Gasteiger charge is 2.15. The molecule has 0 aliphatic rings. The molecule has 0 saturated carbocycles. The molecule has 0 aliphatic heterocycles. The number of nitrogens with one attached hydrogen (secondary N) is 1. The molecule has 0 heterocycles. The quantitative estimate of drug-likeness (QED) is 0.515. The third-order valence-corrected chi connectivity index (χ3v) is 4.52. The molecule has 0 bridgehead atoms. The van der Waals surface area contributed by atoms with E-state index in [0.717, 1.165) is 21.9 Å². The molecule has 0 spiro atoms. The summed E-state index contributed by atoms with van der Waals surface area (Å²) < 4.78 is 0. The molecule has 3 heteroatoms. The van der Waals surface area contributed by atoms with Crippen LogP contribution in [0.4, 0.5) is 0 Å². The highest BCUT2D eigenvalue weighted by Crippen LogP contribution is 2.25. The van der Waals surface area contributed by atoms with Gasteiger partial charge in [0.05, 0.1) is 5.16 Å². The van der Waals surface area contributed by atoms with E-state index < -0.39 is 0 Å². The zero-order valence-corrected chi connectivity index (χ0v) is 10.8. The molecule has 0 fully saturated rings. The molecule has 0 amide bonds. The highest BCUT2D eigenvalue weighted by atomic mass is 35.5. The summed E-state index contributed by atoms with van der Waals surface area (Å²) in [6, 6.07) is 0. The van der Waals surface area contributed by atoms with Crippen LogP contribution in [0.1, 0.15) is 27.7 Å². The first-order chi connectivity index (χ1) is 4.89. The maximum absolute atomic E-state index is 6.02. The number of rotatable bonds is 2. The van der Waals surface area contributed by atoms with Gasteiger partial charge in [0.2, 0.25) is 0 Å². The molecule has 11 heavy (non-hydrogen) atoms. The van der Waals surface area contributed by atoms with E-state index in [9.17, 15) is 0 Å². The van der Waals surface area contributed by atoms with E-state index in [1.54, 1.807) is 0 Å². The van der Waals surface area contributed by atoms with Gasteiger partial charge in [0, 0.05) is 16.8 Å². The van der Waals surface area contributed by atoms with Crippen molar-refractivity contribution in [1.82, 2.24) is 5.32 Å². The Hall–Kier alpha value is 0.0469. The molecule has 0 rings (SSSR count). The topological polar surface area (TPSA) is 12.0 Å². The zero-order chi connectivity index (χ0) is 9.07. The maximum Gasteiger partial charge on any atom is 0.0965 e. The molecule has 0 saturated heterocycles. The fraction of sp³-hybridized carbons (Fsp3) is 0.750. The Labute approximate surface area is 77.6 Å². The van der Waals surface area contributed by atoms with Gasteiger partial charge in [0.25, 0.3) is 0 Å². The van der Waals surface area contributed by atoms with Crippen LogP contribution in [0.15, 0.2) is 10.4 Å². The van der Waals surface area contributed by atoms with Gasteiger partial charge in [-0.2, -0.15) is 0 Å². The third kappa shape index (κ3) is 3.82. The minimum atomic E-state index is 0.228. The average molecular weight is 192 g/mol. The molecule has 0 atom stereocenters. The van der Waals surface area contributed by atoms with Gasteiger partial charge in [-0.05, 0) is 12.3 Å². The molecule has 0 unspecified atom stereocenters. The Morgan fingerprint density at radius 3 is 2.18 bits per heavy atom. The Morgan fingerprint density at radius 2 is 1.91 bits per heavy atom. The number of allylic oxidation sites excluding steroid dienone is 1. The minimum absolute atomic E-state index is 0.228. The second-order valence-corrected chi connectivity index (χ2v) is 5.10. The number of halogens is 1. The summed E-state index contributed by atoms with van der Waals surface area (Å²) in [5.41, 5.74) is 0.228. The molecule has 0 aromatic heterocycles. The lowest BCUT2D eigenvalue weighted by Gasteiger charge is -2.21. The van der Waals surface area contributed by atoms with Gasteiger partial charge < -0.3 is 5.32 Å². The molecular weight excluding hydrogens is 174 g/mol. The van der Waals surface area contributed by atoms with E-state index in [-0.39, 0.29) is 5.41 Å². The SMILES string of the molecule is CCNC(Cl)=C([SiH3])C(C)(C)C. The van der Waals surface area contributed by atoms with Crippen LogP contribution >= 0.6 is 11.6 Å². The van der Waals surface area contributed by atoms with Gasteiger partial charge in [0.1, 0.15) is 0 Å². The molecule has 0 radical (unpaired) electrons. The summed E-state index contributed by atoms with van der Waals surface area (Å²) >= 11 is 6.02. The molecule has 66 valence electrons. The smallest absolute Gasteiger partial charge is 0.0965 e. The van der Waals surface area contributed by atoms with Gasteiger partial charge in [-0.15, -0.1) is 0 Å². The van der Waals surface area contributed by atoms with E-state index in [0.29, 0.717) is 0 Å². The normalized spacial score (nSPS) is 14.6. The lowest BCUT2D eigenvalue weighted by Crippen LogP contribution is -2.18. The fourth-order valence-electron chi connectivity index (χ4n) is 0.617. The molecule has 1 nitrogen and oxygen atoms in total. The van der Waals surface area contributed by atoms with Crippen molar-refractivity contribution in [3.8, 4) is 0 Å². The van der Waals surface area contributed by atoms with E-state index in [4.69, 9.17) is 11.6 Å². The lowest BCUT2D eigenvalue weighted by atomic mass is 9.96. The molecule has 1 N–H and O–H groups in total. The van der Waals surface area contributed by atoms with Crippen LogP contribution in [0.2, 0.25) is 0 Å². The predicted octanol–water partition coefficient (Wildman–Crippen LogP) is 1.42. The van der Waals surface area contributed by atoms with Crippen LogP contribution < -0.4 is 5.32 Å². The van der Waals surface area contributed by atoms with E-state index in [2.05, 4.69) is 33.0 Å². The van der Waals surface area contributed by atoms with Crippen molar-refractivity contribution in [1.29, 1.82) is 0 Å². The first-order valence-electron chi connectivity index (χ1n) is 4.00. The van der Waals surface area contributed by atoms with Gasteiger partial charge in [-0.1, -0.05) is 37.6 Å². The molecule has 0 aliphatic carbocycles. The van der Waals surface area contributed by atoms with Crippen LogP contribution in [-0.2, 0) is 0 Å². The van der Waals surface area contributed by atoms with Crippen LogP contribution in [0, 0.1) is 5.41 Å². The van der Waals surface area contributed by atoms with Crippen molar-refractivity contribution >= 4 is 21.8 Å². The average Bonchev–Trinajstić information content (AvgIpc) is 1.85. The summed E-state index contributed by atoms with van der Waals surface area (Å²) in [4.78, 5) is 0. The van der Waals surface area contributed by atoms with Crippen molar-refractivity contribution in [3.05, 3.63) is 10.4 Å². The van der Waals surface area contributed by atoms with Gasteiger partial charge in [0.15, 0.2) is 0 Å². The molecular formula is C8H18ClNSi. The summed E-state index contributed by atoms with van der Waals surface area (Å²) in [5, 5.41) is 5.33. The summed E-state index contributed by atoms with van der Waals surface area (Å²) in [6.07, 6.45) is 0. The Kier molecular flexibility index (Phi) is 4.19. The van der Waals surface area contributed by atoms with Crippen molar-refractivity contribution in [2.45, 2.75) is 27.7 Å². The standard InChI is InChI=1S/C8H18ClNSi/c1-5-10-7(9)6(11)8(2,3)4/h10H,5H2,1-4,11H3. The first kappa shape index (κ1) is 11.0.